The van der Waals surface area contributed by atoms with Gasteiger partial charge in [0.1, 0.15) is 5.75 Å². The average molecular weight is 389 g/mol. The van der Waals surface area contributed by atoms with Crippen LogP contribution in [0.3, 0.4) is 0 Å². The number of ether oxygens (including phenoxy) is 1. The molecule has 0 fully saturated rings. The van der Waals surface area contributed by atoms with Gasteiger partial charge in [-0.2, -0.15) is 13.2 Å². The molecule has 26 heavy (non-hydrogen) atoms. The Morgan fingerprint density at radius 3 is 2.38 bits per heavy atom. The first-order chi connectivity index (χ1) is 11.9. The molecule has 1 aromatic heterocycles. The maximum Gasteiger partial charge on any atom is 0.392 e. The lowest BCUT2D eigenvalue weighted by molar-refractivity contribution is -0.139. The Kier molecular flexibility index (Phi) is 5.50. The Bertz CT molecular complexity index is 978. The Hall–Kier alpha value is -2.29. The summed E-state index contributed by atoms with van der Waals surface area (Å²) < 4.78 is 67.3. The Labute approximate surface area is 149 Å². The van der Waals surface area contributed by atoms with Crippen molar-refractivity contribution in [3.8, 4) is 16.9 Å². The molecule has 0 saturated heterocycles. The molecule has 0 aliphatic carbocycles. The van der Waals surface area contributed by atoms with Gasteiger partial charge < -0.3 is 9.30 Å². The number of pyridine rings is 1. The first kappa shape index (κ1) is 20.0. The summed E-state index contributed by atoms with van der Waals surface area (Å²) in [4.78, 5) is 12.1. The first-order valence-corrected chi connectivity index (χ1v) is 9.49. The molecule has 5 nitrogen and oxygen atoms in total. The van der Waals surface area contributed by atoms with Gasteiger partial charge in [-0.1, -0.05) is 0 Å². The fourth-order valence-corrected chi connectivity index (χ4v) is 3.05. The molecule has 9 heteroatoms. The third-order valence-corrected chi connectivity index (χ3v) is 4.93. The zero-order chi connectivity index (χ0) is 19.7. The molecule has 0 aliphatic heterocycles. The fourth-order valence-electron chi connectivity index (χ4n) is 2.40. The van der Waals surface area contributed by atoms with Crippen molar-refractivity contribution in [3.05, 3.63) is 46.4 Å². The minimum absolute atomic E-state index is 0.0178. The lowest BCUT2D eigenvalue weighted by Crippen LogP contribution is -2.19. The maximum atomic E-state index is 12.4. The number of aryl methyl sites for hydroxylation is 1. The number of benzene rings is 1. The van der Waals surface area contributed by atoms with Gasteiger partial charge in [0, 0.05) is 30.6 Å². The van der Waals surface area contributed by atoms with Crippen molar-refractivity contribution in [1.29, 1.82) is 0 Å². The van der Waals surface area contributed by atoms with Gasteiger partial charge in [-0.3, -0.25) is 4.79 Å². The minimum Gasteiger partial charge on any atom is -0.493 e. The Morgan fingerprint density at radius 1 is 1.15 bits per heavy atom. The number of aromatic nitrogens is 1. The standard InChI is InChI=1S/C17H18F3NO4S/c1-11-13(6-8-21(2)16(11)22)14-10-12(26(3,23)24)4-5-15(14)25-9-7-17(18,19)20/h4-6,8,10H,7,9H2,1-3H3. The molecule has 2 aromatic rings. The lowest BCUT2D eigenvalue weighted by atomic mass is 10.0. The van der Waals surface area contributed by atoms with Crippen molar-refractivity contribution in [2.45, 2.75) is 24.4 Å². The summed E-state index contributed by atoms with van der Waals surface area (Å²) >= 11 is 0. The second-order valence-corrected chi connectivity index (χ2v) is 7.93. The van der Waals surface area contributed by atoms with E-state index < -0.39 is 29.0 Å². The highest BCUT2D eigenvalue weighted by molar-refractivity contribution is 7.90. The predicted molar refractivity (Wildman–Crippen MR) is 91.1 cm³/mol. The number of alkyl halides is 3. The number of nitrogens with zero attached hydrogens (tertiary/aromatic N) is 1. The summed E-state index contributed by atoms with van der Waals surface area (Å²) in [6.45, 7) is 0.947. The van der Waals surface area contributed by atoms with Crippen LogP contribution in [-0.4, -0.2) is 32.0 Å². The highest BCUT2D eigenvalue weighted by Gasteiger charge is 2.27. The van der Waals surface area contributed by atoms with Crippen LogP contribution >= 0.6 is 0 Å². The molecule has 1 aromatic carbocycles. The van der Waals surface area contributed by atoms with Crippen molar-refractivity contribution >= 4 is 9.84 Å². The minimum atomic E-state index is -4.37. The van der Waals surface area contributed by atoms with Crippen molar-refractivity contribution < 1.29 is 26.3 Å². The van der Waals surface area contributed by atoms with Gasteiger partial charge >= 0.3 is 6.18 Å². The van der Waals surface area contributed by atoms with Gasteiger partial charge in [-0.05, 0) is 36.8 Å². The monoisotopic (exact) mass is 389 g/mol. The summed E-state index contributed by atoms with van der Waals surface area (Å²) in [5.74, 6) is 0.0815. The van der Waals surface area contributed by atoms with Gasteiger partial charge in [0.25, 0.3) is 5.56 Å². The molecule has 0 spiro atoms. The van der Waals surface area contributed by atoms with E-state index in [9.17, 15) is 26.4 Å². The topological polar surface area (TPSA) is 65.4 Å². The predicted octanol–water partition coefficient (Wildman–Crippen LogP) is 3.10. The van der Waals surface area contributed by atoms with Gasteiger partial charge in [-0.25, -0.2) is 8.42 Å². The average Bonchev–Trinajstić information content (AvgIpc) is 2.51. The molecule has 0 N–H and O–H groups in total. The smallest absolute Gasteiger partial charge is 0.392 e. The molecule has 142 valence electrons. The Balaban J connectivity index is 2.56. The van der Waals surface area contributed by atoms with E-state index >= 15 is 0 Å². The van der Waals surface area contributed by atoms with Crippen LogP contribution in [0.2, 0.25) is 0 Å². The highest BCUT2D eigenvalue weighted by Crippen LogP contribution is 2.34. The number of rotatable bonds is 5. The summed E-state index contributed by atoms with van der Waals surface area (Å²) in [7, 11) is -1.98. The van der Waals surface area contributed by atoms with Crippen LogP contribution < -0.4 is 10.3 Å². The van der Waals surface area contributed by atoms with Crippen molar-refractivity contribution in [3.63, 3.8) is 0 Å². The molecule has 2 rings (SSSR count). The summed E-state index contributed by atoms with van der Waals surface area (Å²) in [6, 6.07) is 5.46. The van der Waals surface area contributed by atoms with Crippen molar-refractivity contribution in [1.82, 2.24) is 4.57 Å². The van der Waals surface area contributed by atoms with E-state index in [0.717, 1.165) is 6.26 Å². The Morgan fingerprint density at radius 2 is 1.81 bits per heavy atom. The highest BCUT2D eigenvalue weighted by atomic mass is 32.2. The molecule has 1 heterocycles. The molecule has 0 radical (unpaired) electrons. The van der Waals surface area contributed by atoms with Crippen molar-refractivity contribution in [2.24, 2.45) is 7.05 Å². The molecular weight excluding hydrogens is 371 g/mol. The van der Waals surface area contributed by atoms with Crippen LogP contribution in [-0.2, 0) is 16.9 Å². The first-order valence-electron chi connectivity index (χ1n) is 7.60. The van der Waals surface area contributed by atoms with Gasteiger partial charge in [0.05, 0.1) is 17.9 Å². The van der Waals surface area contributed by atoms with Crippen LogP contribution in [0.5, 0.6) is 5.75 Å². The molecule has 0 unspecified atom stereocenters. The summed E-state index contributed by atoms with van der Waals surface area (Å²) in [5, 5.41) is 0. The molecule has 0 saturated carbocycles. The SMILES string of the molecule is Cc1c(-c2cc(S(C)(=O)=O)ccc2OCCC(F)(F)F)ccn(C)c1=O. The van der Waals surface area contributed by atoms with Gasteiger partial charge in [0.2, 0.25) is 0 Å². The van der Waals surface area contributed by atoms with E-state index in [1.54, 1.807) is 20.0 Å². The normalized spacial score (nSPS) is 12.2. The van der Waals surface area contributed by atoms with E-state index in [-0.39, 0.29) is 21.8 Å². The number of hydrogen-bond acceptors (Lipinski definition) is 4. The second kappa shape index (κ2) is 7.14. The quantitative estimate of drug-likeness (QED) is 0.788. The van der Waals surface area contributed by atoms with Crippen LogP contribution in [0.1, 0.15) is 12.0 Å². The van der Waals surface area contributed by atoms with E-state index in [0.29, 0.717) is 11.1 Å². The lowest BCUT2D eigenvalue weighted by Gasteiger charge is -2.15. The molecule has 0 amide bonds. The largest absolute Gasteiger partial charge is 0.493 e. The number of halogens is 3. The zero-order valence-corrected chi connectivity index (χ0v) is 15.2. The molecular formula is C17H18F3NO4S. The van der Waals surface area contributed by atoms with Crippen LogP contribution in [0.4, 0.5) is 13.2 Å². The second-order valence-electron chi connectivity index (χ2n) is 5.91. The number of sulfone groups is 1. The van der Waals surface area contributed by atoms with E-state index in [1.165, 1.54) is 29.0 Å². The zero-order valence-electron chi connectivity index (χ0n) is 14.4. The third kappa shape index (κ3) is 4.66. The maximum absolute atomic E-state index is 12.4. The van der Waals surface area contributed by atoms with E-state index in [4.69, 9.17) is 4.74 Å². The summed E-state index contributed by atoms with van der Waals surface area (Å²) in [6.07, 6.45) is -2.99. The van der Waals surface area contributed by atoms with Crippen LogP contribution in [0.25, 0.3) is 11.1 Å². The fraction of sp³-hybridized carbons (Fsp3) is 0.353. The summed E-state index contributed by atoms with van der Waals surface area (Å²) in [5.41, 5.74) is 0.695. The van der Waals surface area contributed by atoms with Gasteiger partial charge in [0.15, 0.2) is 9.84 Å². The van der Waals surface area contributed by atoms with Crippen LogP contribution in [0, 0.1) is 6.92 Å². The van der Waals surface area contributed by atoms with E-state index in [1.807, 2.05) is 0 Å². The molecule has 0 aliphatic rings. The van der Waals surface area contributed by atoms with Crippen LogP contribution in [0.15, 0.2) is 40.2 Å². The molecule has 0 atom stereocenters. The number of hydrogen-bond donors (Lipinski definition) is 0. The van der Waals surface area contributed by atoms with E-state index in [2.05, 4.69) is 0 Å². The molecule has 0 bridgehead atoms. The third-order valence-electron chi connectivity index (χ3n) is 3.82. The van der Waals surface area contributed by atoms with Gasteiger partial charge in [-0.15, -0.1) is 0 Å². The van der Waals surface area contributed by atoms with Crippen molar-refractivity contribution in [2.75, 3.05) is 12.9 Å².